The zero-order valence-corrected chi connectivity index (χ0v) is 14.5. The quantitative estimate of drug-likeness (QED) is 0.525. The van der Waals surface area contributed by atoms with Gasteiger partial charge in [0.1, 0.15) is 11.0 Å². The van der Waals surface area contributed by atoms with E-state index >= 15 is 0 Å². The Kier molecular flexibility index (Phi) is 4.40. The van der Waals surface area contributed by atoms with Crippen LogP contribution in [-0.2, 0) is 4.79 Å². The van der Waals surface area contributed by atoms with Crippen molar-refractivity contribution in [2.45, 2.75) is 5.16 Å². The largest absolute Gasteiger partial charge is 0.323 e. The Morgan fingerprint density at radius 3 is 2.88 bits per heavy atom. The van der Waals surface area contributed by atoms with Gasteiger partial charge in [-0.15, -0.1) is 5.10 Å². The molecule has 0 bridgehead atoms. The lowest BCUT2D eigenvalue weighted by molar-refractivity contribution is -0.113. The van der Waals surface area contributed by atoms with Gasteiger partial charge in [0.05, 0.1) is 23.2 Å². The molecule has 0 aliphatic rings. The zero-order chi connectivity index (χ0) is 17.1. The summed E-state index contributed by atoms with van der Waals surface area (Å²) >= 11 is 2.40. The number of carbonyl (C=O) groups is 1. The first-order valence-electron chi connectivity index (χ1n) is 7.41. The van der Waals surface area contributed by atoms with E-state index in [-0.39, 0.29) is 11.7 Å². The molecule has 9 heteroatoms. The third-order valence-corrected chi connectivity index (χ3v) is 4.79. The van der Waals surface area contributed by atoms with Crippen LogP contribution < -0.4 is 5.32 Å². The molecule has 124 valence electrons. The second kappa shape index (κ2) is 6.99. The third kappa shape index (κ3) is 3.52. The van der Waals surface area contributed by atoms with Gasteiger partial charge in [-0.1, -0.05) is 48.2 Å². The molecule has 0 aliphatic carbocycles. The number of H-pyrrole nitrogens is 1. The molecule has 7 nitrogen and oxygen atoms in total. The van der Waals surface area contributed by atoms with E-state index in [1.54, 1.807) is 0 Å². The van der Waals surface area contributed by atoms with E-state index in [0.717, 1.165) is 22.8 Å². The van der Waals surface area contributed by atoms with E-state index in [4.69, 9.17) is 0 Å². The maximum atomic E-state index is 12.2. The highest BCUT2D eigenvalue weighted by Gasteiger charge is 2.11. The fourth-order valence-corrected chi connectivity index (χ4v) is 3.41. The third-order valence-electron chi connectivity index (χ3n) is 3.40. The predicted octanol–water partition coefficient (Wildman–Crippen LogP) is 3.21. The molecule has 0 atom stereocenters. The Morgan fingerprint density at radius 2 is 2.00 bits per heavy atom. The van der Waals surface area contributed by atoms with Crippen molar-refractivity contribution in [2.75, 3.05) is 11.1 Å². The minimum absolute atomic E-state index is 0.142. The van der Waals surface area contributed by atoms with E-state index < -0.39 is 0 Å². The number of carbonyl (C=O) groups excluding carboxylic acids is 1. The van der Waals surface area contributed by atoms with Gasteiger partial charge in [-0.25, -0.2) is 4.98 Å². The molecule has 0 aliphatic heterocycles. The maximum Gasteiger partial charge on any atom is 0.234 e. The van der Waals surface area contributed by atoms with E-state index in [1.807, 2.05) is 48.5 Å². The van der Waals surface area contributed by atoms with Gasteiger partial charge in [0, 0.05) is 5.56 Å². The molecule has 2 heterocycles. The summed E-state index contributed by atoms with van der Waals surface area (Å²) in [5.41, 5.74) is 3.10. The van der Waals surface area contributed by atoms with Gasteiger partial charge in [0.2, 0.25) is 11.1 Å². The Bertz CT molecular complexity index is 1010. The molecule has 0 fully saturated rings. The summed E-state index contributed by atoms with van der Waals surface area (Å²) in [6.07, 6.45) is 0. The van der Waals surface area contributed by atoms with Gasteiger partial charge in [-0.3, -0.25) is 9.89 Å². The molecule has 1 amide bonds. The number of benzene rings is 2. The van der Waals surface area contributed by atoms with Crippen LogP contribution in [0.4, 0.5) is 5.69 Å². The zero-order valence-electron chi connectivity index (χ0n) is 12.8. The van der Waals surface area contributed by atoms with Crippen LogP contribution in [-0.4, -0.2) is 35.6 Å². The first-order chi connectivity index (χ1) is 12.3. The Morgan fingerprint density at radius 1 is 1.12 bits per heavy atom. The Labute approximate surface area is 151 Å². The minimum atomic E-state index is -0.142. The number of hydrogen-bond acceptors (Lipinski definition) is 7. The molecule has 0 radical (unpaired) electrons. The number of aromatic nitrogens is 5. The summed E-state index contributed by atoms with van der Waals surface area (Å²) in [6, 6.07) is 15.2. The normalized spacial score (nSPS) is 10.9. The van der Waals surface area contributed by atoms with Gasteiger partial charge >= 0.3 is 0 Å². The average molecular weight is 368 g/mol. The highest BCUT2D eigenvalue weighted by atomic mass is 32.2. The van der Waals surface area contributed by atoms with Crippen LogP contribution in [0.2, 0.25) is 0 Å². The lowest BCUT2D eigenvalue weighted by atomic mass is 10.2. The molecule has 25 heavy (non-hydrogen) atoms. The predicted molar refractivity (Wildman–Crippen MR) is 98.6 cm³/mol. The lowest BCUT2D eigenvalue weighted by Gasteiger charge is -2.04. The van der Waals surface area contributed by atoms with Crippen LogP contribution >= 0.6 is 23.5 Å². The fraction of sp³-hybridized carbons (Fsp3) is 0.0625. The van der Waals surface area contributed by atoms with Gasteiger partial charge < -0.3 is 5.32 Å². The van der Waals surface area contributed by atoms with Crippen molar-refractivity contribution in [1.82, 2.24) is 23.9 Å². The van der Waals surface area contributed by atoms with Gasteiger partial charge in [-0.2, -0.15) is 8.75 Å². The molecular weight excluding hydrogens is 356 g/mol. The van der Waals surface area contributed by atoms with Crippen LogP contribution in [0.15, 0.2) is 53.7 Å². The van der Waals surface area contributed by atoms with E-state index in [0.29, 0.717) is 22.2 Å². The number of aromatic amines is 1. The molecule has 2 N–H and O–H groups in total. The maximum absolute atomic E-state index is 12.2. The van der Waals surface area contributed by atoms with Crippen LogP contribution in [0.1, 0.15) is 0 Å². The van der Waals surface area contributed by atoms with Crippen LogP contribution in [0.5, 0.6) is 0 Å². The SMILES string of the molecule is O=C(CSc1n[nH]c(-c2ccccc2)n1)Nc1cccc2nsnc12. The molecule has 2 aromatic heterocycles. The molecule has 0 unspecified atom stereocenters. The molecule has 0 saturated heterocycles. The number of amides is 1. The summed E-state index contributed by atoms with van der Waals surface area (Å²) in [7, 11) is 0. The number of thioether (sulfide) groups is 1. The van der Waals surface area contributed by atoms with E-state index in [9.17, 15) is 4.79 Å². The van der Waals surface area contributed by atoms with Crippen molar-refractivity contribution in [3.05, 3.63) is 48.5 Å². The number of fused-ring (bicyclic) bond motifs is 1. The topological polar surface area (TPSA) is 96.5 Å². The first-order valence-corrected chi connectivity index (χ1v) is 9.13. The van der Waals surface area contributed by atoms with Gasteiger partial charge in [-0.05, 0) is 12.1 Å². The standard InChI is InChI=1S/C16H12N6OS2/c23-13(17-11-7-4-8-12-14(11)22-25-21-12)9-24-16-18-15(19-20-16)10-5-2-1-3-6-10/h1-8H,9H2,(H,17,23)(H,18,19,20). The van der Waals surface area contributed by atoms with Crippen molar-refractivity contribution >= 4 is 46.1 Å². The summed E-state index contributed by atoms with van der Waals surface area (Å²) < 4.78 is 8.37. The van der Waals surface area contributed by atoms with Gasteiger partial charge in [0.25, 0.3) is 0 Å². The number of rotatable bonds is 5. The average Bonchev–Trinajstić information content (AvgIpc) is 3.31. The summed E-state index contributed by atoms with van der Waals surface area (Å²) in [5, 5.41) is 10.4. The molecular formula is C16H12N6OS2. The number of nitrogens with one attached hydrogen (secondary N) is 2. The van der Waals surface area contributed by atoms with E-state index in [1.165, 1.54) is 11.8 Å². The van der Waals surface area contributed by atoms with Crippen LogP contribution in [0.25, 0.3) is 22.4 Å². The Hall–Kier alpha value is -2.78. The monoisotopic (exact) mass is 368 g/mol. The number of hydrogen-bond donors (Lipinski definition) is 2. The fourth-order valence-electron chi connectivity index (χ4n) is 2.26. The molecule has 2 aromatic carbocycles. The molecule has 4 rings (SSSR count). The van der Waals surface area contributed by atoms with Crippen LogP contribution in [0.3, 0.4) is 0 Å². The summed E-state index contributed by atoms with van der Waals surface area (Å²) in [5.74, 6) is 0.749. The second-order valence-electron chi connectivity index (χ2n) is 5.11. The highest BCUT2D eigenvalue weighted by Crippen LogP contribution is 2.22. The first kappa shape index (κ1) is 15.7. The van der Waals surface area contributed by atoms with Crippen molar-refractivity contribution in [3.8, 4) is 11.4 Å². The number of anilines is 1. The lowest BCUT2D eigenvalue weighted by Crippen LogP contribution is -2.14. The highest BCUT2D eigenvalue weighted by molar-refractivity contribution is 7.99. The van der Waals surface area contributed by atoms with Crippen molar-refractivity contribution < 1.29 is 4.79 Å². The minimum Gasteiger partial charge on any atom is -0.323 e. The summed E-state index contributed by atoms with van der Waals surface area (Å²) in [6.45, 7) is 0. The van der Waals surface area contributed by atoms with Gasteiger partial charge in [0.15, 0.2) is 5.82 Å². The van der Waals surface area contributed by atoms with Crippen molar-refractivity contribution in [3.63, 3.8) is 0 Å². The molecule has 4 aromatic rings. The van der Waals surface area contributed by atoms with Crippen molar-refractivity contribution in [1.29, 1.82) is 0 Å². The smallest absolute Gasteiger partial charge is 0.234 e. The van der Waals surface area contributed by atoms with E-state index in [2.05, 4.69) is 29.2 Å². The second-order valence-corrected chi connectivity index (χ2v) is 6.58. The molecule has 0 spiro atoms. The summed E-state index contributed by atoms with van der Waals surface area (Å²) in [4.78, 5) is 16.6. The Balaban J connectivity index is 1.39. The molecule has 0 saturated carbocycles. The number of nitrogens with zero attached hydrogens (tertiary/aromatic N) is 4. The van der Waals surface area contributed by atoms with Crippen LogP contribution in [0, 0.1) is 0 Å². The van der Waals surface area contributed by atoms with Crippen molar-refractivity contribution in [2.24, 2.45) is 0 Å².